The van der Waals surface area contributed by atoms with E-state index in [1.54, 1.807) is 42.5 Å². The maximum absolute atomic E-state index is 11.1. The van der Waals surface area contributed by atoms with Crippen LogP contribution in [0.2, 0.25) is 0 Å². The Morgan fingerprint density at radius 3 is 2.74 bits per heavy atom. The average molecular weight is 316 g/mol. The molecule has 0 spiro atoms. The van der Waals surface area contributed by atoms with Crippen molar-refractivity contribution in [2.45, 2.75) is 0 Å². The van der Waals surface area contributed by atoms with E-state index >= 15 is 0 Å². The molecule has 0 unspecified atom stereocenters. The van der Waals surface area contributed by atoms with E-state index in [0.29, 0.717) is 22.5 Å². The minimum absolute atomic E-state index is 0.415. The molecule has 0 fully saturated rings. The van der Waals surface area contributed by atoms with Gasteiger partial charge in [0.25, 0.3) is 0 Å². The van der Waals surface area contributed by atoms with Crippen LogP contribution in [0.15, 0.2) is 46.9 Å². The van der Waals surface area contributed by atoms with E-state index in [2.05, 4.69) is 27.3 Å². The summed E-state index contributed by atoms with van der Waals surface area (Å²) >= 11 is 3.35. The van der Waals surface area contributed by atoms with Gasteiger partial charge >= 0.3 is 0 Å². The zero-order valence-corrected chi connectivity index (χ0v) is 11.4. The molecular weight excluding hydrogens is 306 g/mol. The van der Waals surface area contributed by atoms with Crippen LogP contribution in [0.4, 0.5) is 11.4 Å². The van der Waals surface area contributed by atoms with Gasteiger partial charge in [-0.05, 0) is 36.4 Å². The van der Waals surface area contributed by atoms with Gasteiger partial charge in [0.05, 0.1) is 11.3 Å². The number of primary amides is 1. The number of hydrogen-bond acceptors (Lipinski definition) is 3. The normalized spacial score (nSPS) is 9.68. The zero-order chi connectivity index (χ0) is 13.8. The van der Waals surface area contributed by atoms with Crippen LogP contribution in [0, 0.1) is 11.3 Å². The van der Waals surface area contributed by atoms with Crippen LogP contribution in [0.1, 0.15) is 15.9 Å². The van der Waals surface area contributed by atoms with E-state index in [1.165, 1.54) is 0 Å². The molecule has 0 aliphatic carbocycles. The van der Waals surface area contributed by atoms with Crippen molar-refractivity contribution in [3.63, 3.8) is 0 Å². The van der Waals surface area contributed by atoms with Gasteiger partial charge in [0, 0.05) is 15.7 Å². The lowest BCUT2D eigenvalue weighted by Gasteiger charge is -2.09. The van der Waals surface area contributed by atoms with Crippen molar-refractivity contribution in [2.75, 3.05) is 5.32 Å². The number of nitrogens with zero attached hydrogens (tertiary/aromatic N) is 1. The molecule has 0 atom stereocenters. The topological polar surface area (TPSA) is 78.9 Å². The van der Waals surface area contributed by atoms with Gasteiger partial charge in [-0.3, -0.25) is 4.79 Å². The Labute approximate surface area is 119 Å². The Hall–Kier alpha value is -2.32. The van der Waals surface area contributed by atoms with E-state index in [4.69, 9.17) is 11.0 Å². The minimum Gasteiger partial charge on any atom is -0.366 e. The first-order valence-electron chi connectivity index (χ1n) is 5.46. The maximum Gasteiger partial charge on any atom is 0.248 e. The van der Waals surface area contributed by atoms with Gasteiger partial charge in [-0.15, -0.1) is 0 Å². The van der Waals surface area contributed by atoms with E-state index < -0.39 is 5.91 Å². The van der Waals surface area contributed by atoms with Crippen molar-refractivity contribution >= 4 is 33.2 Å². The summed E-state index contributed by atoms with van der Waals surface area (Å²) in [6, 6.07) is 14.2. The Bertz CT molecular complexity index is 677. The predicted octanol–water partition coefficient (Wildman–Crippen LogP) is 3.16. The van der Waals surface area contributed by atoms with E-state index in [1.807, 2.05) is 0 Å². The SMILES string of the molecule is N#Cc1ccc(Br)cc1Nc1cccc(C(N)=O)c1. The molecule has 1 amide bonds. The van der Waals surface area contributed by atoms with Gasteiger partial charge in [-0.1, -0.05) is 22.0 Å². The molecular formula is C14H10BrN3O. The average Bonchev–Trinajstić information content (AvgIpc) is 2.39. The molecule has 0 saturated carbocycles. The van der Waals surface area contributed by atoms with Crippen molar-refractivity contribution in [1.82, 2.24) is 0 Å². The number of amides is 1. The van der Waals surface area contributed by atoms with Crippen LogP contribution in [-0.4, -0.2) is 5.91 Å². The number of halogens is 1. The monoisotopic (exact) mass is 315 g/mol. The second kappa shape index (κ2) is 5.55. The lowest BCUT2D eigenvalue weighted by molar-refractivity contribution is 0.100. The Morgan fingerprint density at radius 1 is 1.26 bits per heavy atom. The van der Waals surface area contributed by atoms with Crippen LogP contribution in [0.5, 0.6) is 0 Å². The summed E-state index contributed by atoms with van der Waals surface area (Å²) in [6.07, 6.45) is 0. The van der Waals surface area contributed by atoms with Gasteiger partial charge in [0.15, 0.2) is 0 Å². The zero-order valence-electron chi connectivity index (χ0n) is 9.85. The largest absolute Gasteiger partial charge is 0.366 e. The van der Waals surface area contributed by atoms with Gasteiger partial charge in [0.2, 0.25) is 5.91 Å². The first kappa shape index (κ1) is 13.1. The molecule has 0 saturated heterocycles. The summed E-state index contributed by atoms with van der Waals surface area (Å²) in [5.74, 6) is -0.488. The lowest BCUT2D eigenvalue weighted by atomic mass is 10.1. The number of anilines is 2. The molecule has 0 bridgehead atoms. The number of carbonyl (C=O) groups excluding carboxylic acids is 1. The number of benzene rings is 2. The third kappa shape index (κ3) is 3.12. The number of nitrogens with two attached hydrogens (primary N) is 1. The van der Waals surface area contributed by atoms with Crippen LogP contribution < -0.4 is 11.1 Å². The number of rotatable bonds is 3. The molecule has 0 aliphatic rings. The fraction of sp³-hybridized carbons (Fsp3) is 0. The summed E-state index contributed by atoms with van der Waals surface area (Å²) in [7, 11) is 0. The molecule has 5 heteroatoms. The fourth-order valence-corrected chi connectivity index (χ4v) is 1.98. The summed E-state index contributed by atoms with van der Waals surface area (Å²) in [5, 5.41) is 12.1. The fourth-order valence-electron chi connectivity index (χ4n) is 1.62. The van der Waals surface area contributed by atoms with Gasteiger partial charge < -0.3 is 11.1 Å². The van der Waals surface area contributed by atoms with Crippen LogP contribution in [0.3, 0.4) is 0 Å². The predicted molar refractivity (Wildman–Crippen MR) is 77.1 cm³/mol. The summed E-state index contributed by atoms with van der Waals surface area (Å²) in [5.41, 5.74) is 7.53. The molecule has 2 aromatic rings. The third-order valence-electron chi connectivity index (χ3n) is 2.53. The highest BCUT2D eigenvalue weighted by Crippen LogP contribution is 2.24. The quantitative estimate of drug-likeness (QED) is 0.913. The van der Waals surface area contributed by atoms with E-state index in [-0.39, 0.29) is 0 Å². The molecule has 19 heavy (non-hydrogen) atoms. The minimum atomic E-state index is -0.488. The number of nitrogens with one attached hydrogen (secondary N) is 1. The molecule has 2 rings (SSSR count). The van der Waals surface area contributed by atoms with Crippen molar-refractivity contribution in [3.8, 4) is 6.07 Å². The highest BCUT2D eigenvalue weighted by atomic mass is 79.9. The second-order valence-electron chi connectivity index (χ2n) is 3.87. The number of nitriles is 1. The van der Waals surface area contributed by atoms with Gasteiger partial charge in [0.1, 0.15) is 6.07 Å². The van der Waals surface area contributed by atoms with Crippen LogP contribution in [0.25, 0.3) is 0 Å². The van der Waals surface area contributed by atoms with Crippen molar-refractivity contribution in [1.29, 1.82) is 5.26 Å². The molecule has 0 aromatic heterocycles. The third-order valence-corrected chi connectivity index (χ3v) is 3.02. The molecule has 0 radical (unpaired) electrons. The second-order valence-corrected chi connectivity index (χ2v) is 4.79. The molecule has 0 heterocycles. The van der Waals surface area contributed by atoms with Crippen LogP contribution in [-0.2, 0) is 0 Å². The highest BCUT2D eigenvalue weighted by Gasteiger charge is 2.05. The molecule has 0 aliphatic heterocycles. The number of hydrogen-bond donors (Lipinski definition) is 2. The Kier molecular flexibility index (Phi) is 3.83. The summed E-state index contributed by atoms with van der Waals surface area (Å²) in [4.78, 5) is 11.1. The summed E-state index contributed by atoms with van der Waals surface area (Å²) < 4.78 is 0.861. The molecule has 4 nitrogen and oxygen atoms in total. The van der Waals surface area contributed by atoms with Gasteiger partial charge in [-0.25, -0.2) is 0 Å². The summed E-state index contributed by atoms with van der Waals surface area (Å²) in [6.45, 7) is 0. The molecule has 94 valence electrons. The van der Waals surface area contributed by atoms with Crippen LogP contribution >= 0.6 is 15.9 Å². The molecule has 2 aromatic carbocycles. The highest BCUT2D eigenvalue weighted by molar-refractivity contribution is 9.10. The first-order chi connectivity index (χ1) is 9.10. The van der Waals surface area contributed by atoms with E-state index in [0.717, 1.165) is 4.47 Å². The Morgan fingerprint density at radius 2 is 2.05 bits per heavy atom. The van der Waals surface area contributed by atoms with Crippen molar-refractivity contribution in [3.05, 3.63) is 58.1 Å². The Balaban J connectivity index is 2.36. The van der Waals surface area contributed by atoms with Crippen molar-refractivity contribution in [2.24, 2.45) is 5.73 Å². The van der Waals surface area contributed by atoms with Crippen molar-refractivity contribution < 1.29 is 4.79 Å². The lowest BCUT2D eigenvalue weighted by Crippen LogP contribution is -2.10. The van der Waals surface area contributed by atoms with E-state index in [9.17, 15) is 4.79 Å². The van der Waals surface area contributed by atoms with Gasteiger partial charge in [-0.2, -0.15) is 5.26 Å². The maximum atomic E-state index is 11.1. The smallest absolute Gasteiger partial charge is 0.248 e. The molecule has 3 N–H and O–H groups in total. The standard InChI is InChI=1S/C14H10BrN3O/c15-11-5-4-10(8-16)13(7-11)18-12-3-1-2-9(6-12)14(17)19/h1-7,18H,(H2,17,19). The first-order valence-corrected chi connectivity index (χ1v) is 6.26. The number of carbonyl (C=O) groups is 1.